The summed E-state index contributed by atoms with van der Waals surface area (Å²) in [6, 6.07) is 19.9. The molecule has 0 radical (unpaired) electrons. The van der Waals surface area contributed by atoms with Crippen molar-refractivity contribution in [2.75, 3.05) is 18.0 Å². The fourth-order valence-corrected chi connectivity index (χ4v) is 5.22. The number of phenolic OH excluding ortho intramolecular Hbond substituents is 1. The zero-order chi connectivity index (χ0) is 20.0. The lowest BCUT2D eigenvalue weighted by Crippen LogP contribution is -2.22. The molecule has 0 saturated carbocycles. The summed E-state index contributed by atoms with van der Waals surface area (Å²) in [4.78, 5) is 8.25. The van der Waals surface area contributed by atoms with Crippen LogP contribution in [0.5, 0.6) is 5.75 Å². The molecule has 1 aliphatic heterocycles. The summed E-state index contributed by atoms with van der Waals surface area (Å²) in [5.41, 5.74) is 4.10. The van der Waals surface area contributed by atoms with Crippen molar-refractivity contribution in [1.82, 2.24) is 4.98 Å². The maximum absolute atomic E-state index is 10.0. The van der Waals surface area contributed by atoms with Crippen LogP contribution >= 0.6 is 11.3 Å². The Hall–Kier alpha value is -2.89. The van der Waals surface area contributed by atoms with E-state index in [0.29, 0.717) is 6.54 Å². The van der Waals surface area contributed by atoms with Crippen molar-refractivity contribution >= 4 is 27.2 Å². The summed E-state index contributed by atoms with van der Waals surface area (Å²) < 4.78 is 1.27. The molecule has 4 nitrogen and oxygen atoms in total. The zero-order valence-electron chi connectivity index (χ0n) is 16.2. The van der Waals surface area contributed by atoms with Gasteiger partial charge in [-0.05, 0) is 60.2 Å². The lowest BCUT2D eigenvalue weighted by molar-refractivity contribution is 0.198. The number of thiophene rings is 1. The van der Waals surface area contributed by atoms with Crippen molar-refractivity contribution in [2.24, 2.45) is 0 Å². The van der Waals surface area contributed by atoms with Crippen LogP contribution in [-0.4, -0.2) is 34.4 Å². The summed E-state index contributed by atoms with van der Waals surface area (Å²) in [5.74, 6) is 1.10. The average molecular weight is 403 g/mol. The van der Waals surface area contributed by atoms with Gasteiger partial charge in [-0.2, -0.15) is 0 Å². The van der Waals surface area contributed by atoms with Gasteiger partial charge in [-0.25, -0.2) is 4.98 Å². The normalized spacial score (nSPS) is 16.6. The molecule has 1 fully saturated rings. The minimum absolute atomic E-state index is 0.228. The molecule has 2 N–H and O–H groups in total. The highest BCUT2D eigenvalue weighted by atomic mass is 32.1. The molecule has 0 bridgehead atoms. The summed E-state index contributed by atoms with van der Waals surface area (Å²) >= 11 is 1.79. The molecule has 1 aliphatic rings. The second-order valence-corrected chi connectivity index (χ2v) is 8.64. The molecule has 1 saturated heterocycles. The number of phenols is 1. The standard InChI is InChI=1S/C24H22N2O2S/c1-15-20-7-2-3-8-22(20)29-24(15)17-12-21(16-5-4-6-18(27)11-16)25-23(13-17)26-10-9-19(28)14-26/h2-8,11-13,19,27-28H,9-10,14H2,1H3. The van der Waals surface area contributed by atoms with E-state index in [-0.39, 0.29) is 11.9 Å². The SMILES string of the molecule is Cc1c(-c2cc(-c3cccc(O)c3)nc(N3CCC(O)C3)c2)sc2ccccc12. The van der Waals surface area contributed by atoms with E-state index in [0.717, 1.165) is 35.6 Å². The Morgan fingerprint density at radius 2 is 1.90 bits per heavy atom. The molecular weight excluding hydrogens is 380 g/mol. The number of anilines is 1. The summed E-state index contributed by atoms with van der Waals surface area (Å²) in [6.45, 7) is 3.56. The van der Waals surface area contributed by atoms with Gasteiger partial charge >= 0.3 is 0 Å². The van der Waals surface area contributed by atoms with E-state index in [1.54, 1.807) is 23.5 Å². The highest BCUT2D eigenvalue weighted by molar-refractivity contribution is 7.22. The van der Waals surface area contributed by atoms with Crippen molar-refractivity contribution < 1.29 is 10.2 Å². The molecule has 3 heterocycles. The number of aromatic hydroxyl groups is 1. The topological polar surface area (TPSA) is 56.6 Å². The van der Waals surface area contributed by atoms with E-state index in [9.17, 15) is 10.2 Å². The third-order valence-electron chi connectivity index (χ3n) is 5.55. The van der Waals surface area contributed by atoms with Gasteiger partial charge in [0.2, 0.25) is 0 Å². The molecule has 0 amide bonds. The maximum atomic E-state index is 10.0. The highest BCUT2D eigenvalue weighted by Crippen LogP contribution is 2.40. The summed E-state index contributed by atoms with van der Waals surface area (Å²) in [5, 5.41) is 21.2. The van der Waals surface area contributed by atoms with Crippen molar-refractivity contribution in [3.05, 3.63) is 66.2 Å². The van der Waals surface area contributed by atoms with Gasteiger partial charge in [-0.1, -0.05) is 30.3 Å². The van der Waals surface area contributed by atoms with Crippen LogP contribution in [0.4, 0.5) is 5.82 Å². The maximum Gasteiger partial charge on any atom is 0.129 e. The molecule has 29 heavy (non-hydrogen) atoms. The van der Waals surface area contributed by atoms with Crippen LogP contribution in [0.15, 0.2) is 60.7 Å². The van der Waals surface area contributed by atoms with E-state index in [1.165, 1.54) is 20.5 Å². The van der Waals surface area contributed by atoms with Gasteiger partial charge in [0, 0.05) is 28.2 Å². The van der Waals surface area contributed by atoms with Gasteiger partial charge in [0.15, 0.2) is 0 Å². The predicted molar refractivity (Wildman–Crippen MR) is 120 cm³/mol. The number of aliphatic hydroxyl groups excluding tert-OH is 1. The monoisotopic (exact) mass is 402 g/mol. The van der Waals surface area contributed by atoms with E-state index >= 15 is 0 Å². The lowest BCUT2D eigenvalue weighted by atomic mass is 10.0. The van der Waals surface area contributed by atoms with Crippen molar-refractivity contribution in [1.29, 1.82) is 0 Å². The van der Waals surface area contributed by atoms with E-state index < -0.39 is 0 Å². The molecule has 1 unspecified atom stereocenters. The third-order valence-corrected chi connectivity index (χ3v) is 6.87. The van der Waals surface area contributed by atoms with E-state index in [1.807, 2.05) is 12.1 Å². The van der Waals surface area contributed by atoms with Crippen molar-refractivity contribution in [3.8, 4) is 27.4 Å². The largest absolute Gasteiger partial charge is 0.508 e. The summed E-state index contributed by atoms with van der Waals surface area (Å²) in [7, 11) is 0. The first kappa shape index (κ1) is 18.2. The van der Waals surface area contributed by atoms with Crippen LogP contribution in [0.3, 0.4) is 0 Å². The Labute approximate surface area is 173 Å². The lowest BCUT2D eigenvalue weighted by Gasteiger charge is -2.19. The number of hydrogen-bond acceptors (Lipinski definition) is 5. The van der Waals surface area contributed by atoms with Crippen LogP contribution in [0.25, 0.3) is 31.8 Å². The minimum atomic E-state index is -0.310. The van der Waals surface area contributed by atoms with Crippen molar-refractivity contribution in [2.45, 2.75) is 19.4 Å². The Bertz CT molecular complexity index is 1200. The number of nitrogens with zero attached hydrogens (tertiary/aromatic N) is 2. The summed E-state index contributed by atoms with van der Waals surface area (Å²) in [6.07, 6.45) is 0.450. The molecule has 5 rings (SSSR count). The number of fused-ring (bicyclic) bond motifs is 1. The first-order valence-electron chi connectivity index (χ1n) is 9.81. The molecule has 2 aromatic carbocycles. The smallest absolute Gasteiger partial charge is 0.129 e. The number of rotatable bonds is 3. The number of pyridine rings is 1. The van der Waals surface area contributed by atoms with Crippen LogP contribution in [0, 0.1) is 6.92 Å². The Balaban J connectivity index is 1.69. The number of aromatic nitrogens is 1. The Morgan fingerprint density at radius 1 is 1.03 bits per heavy atom. The van der Waals surface area contributed by atoms with Crippen LogP contribution in [0.1, 0.15) is 12.0 Å². The molecule has 1 atom stereocenters. The minimum Gasteiger partial charge on any atom is -0.508 e. The molecule has 146 valence electrons. The van der Waals surface area contributed by atoms with Gasteiger partial charge < -0.3 is 15.1 Å². The zero-order valence-corrected chi connectivity index (χ0v) is 17.0. The van der Waals surface area contributed by atoms with Gasteiger partial charge in [-0.15, -0.1) is 11.3 Å². The van der Waals surface area contributed by atoms with Crippen LogP contribution < -0.4 is 4.90 Å². The average Bonchev–Trinajstić information content (AvgIpc) is 3.31. The number of β-amino-alcohol motifs (C(OH)–C–C–N with tert-alkyl or cyclic N) is 1. The molecule has 5 heteroatoms. The quantitative estimate of drug-likeness (QED) is 0.494. The second-order valence-electron chi connectivity index (χ2n) is 7.59. The first-order chi connectivity index (χ1) is 14.1. The highest BCUT2D eigenvalue weighted by Gasteiger charge is 2.23. The Morgan fingerprint density at radius 3 is 2.66 bits per heavy atom. The molecule has 2 aromatic heterocycles. The number of aryl methyl sites for hydroxylation is 1. The van der Waals surface area contributed by atoms with Gasteiger partial charge in [0.25, 0.3) is 0 Å². The van der Waals surface area contributed by atoms with Gasteiger partial charge in [0.05, 0.1) is 11.8 Å². The predicted octanol–water partition coefficient (Wildman–Crippen LogP) is 5.22. The molecule has 0 spiro atoms. The van der Waals surface area contributed by atoms with Gasteiger partial charge in [0.1, 0.15) is 11.6 Å². The van der Waals surface area contributed by atoms with Crippen molar-refractivity contribution in [3.63, 3.8) is 0 Å². The number of benzene rings is 2. The van der Waals surface area contributed by atoms with E-state index in [4.69, 9.17) is 4.98 Å². The molecular formula is C24H22N2O2S. The first-order valence-corrected chi connectivity index (χ1v) is 10.6. The second kappa shape index (κ2) is 7.17. The van der Waals surface area contributed by atoms with Crippen LogP contribution in [0.2, 0.25) is 0 Å². The van der Waals surface area contributed by atoms with Crippen LogP contribution in [-0.2, 0) is 0 Å². The van der Waals surface area contributed by atoms with E-state index in [2.05, 4.69) is 48.2 Å². The van der Waals surface area contributed by atoms with Gasteiger partial charge in [-0.3, -0.25) is 0 Å². The number of hydrogen-bond donors (Lipinski definition) is 2. The number of aliphatic hydroxyl groups is 1. The fraction of sp³-hybridized carbons (Fsp3) is 0.208. The Kier molecular flexibility index (Phi) is 4.49. The molecule has 0 aliphatic carbocycles. The molecule has 4 aromatic rings. The fourth-order valence-electron chi connectivity index (χ4n) is 4.02. The third kappa shape index (κ3) is 3.37.